The third-order valence-corrected chi connectivity index (χ3v) is 2.32. The first-order chi connectivity index (χ1) is 8.28. The standard InChI is InChI=1S/C9H4BrF5N2O/c10-2-5-4(8(11)12)1-7(6(3-16)17-5)18-9(13,14)15/h1,8H,2H2. The Morgan fingerprint density at radius 3 is 2.44 bits per heavy atom. The lowest BCUT2D eigenvalue weighted by Crippen LogP contribution is -2.19. The predicted octanol–water partition coefficient (Wildman–Crippen LogP) is 3.68. The van der Waals surface area contributed by atoms with E-state index >= 15 is 0 Å². The number of rotatable bonds is 3. The van der Waals surface area contributed by atoms with Gasteiger partial charge in [-0.25, -0.2) is 13.8 Å². The van der Waals surface area contributed by atoms with E-state index in [1.807, 2.05) is 0 Å². The van der Waals surface area contributed by atoms with E-state index in [4.69, 9.17) is 5.26 Å². The molecule has 0 aliphatic heterocycles. The number of nitrogens with zero attached hydrogens (tertiary/aromatic N) is 2. The summed E-state index contributed by atoms with van der Waals surface area (Å²) in [6.07, 6.45) is -8.10. The largest absolute Gasteiger partial charge is 0.573 e. The average molecular weight is 331 g/mol. The Hall–Kier alpha value is -1.43. The number of hydrogen-bond donors (Lipinski definition) is 0. The molecule has 0 bridgehead atoms. The second-order valence-corrected chi connectivity index (χ2v) is 3.53. The van der Waals surface area contributed by atoms with Crippen molar-refractivity contribution < 1.29 is 26.7 Å². The number of halogens is 6. The van der Waals surface area contributed by atoms with Crippen molar-refractivity contribution in [3.8, 4) is 11.8 Å². The first kappa shape index (κ1) is 14.6. The van der Waals surface area contributed by atoms with Crippen LogP contribution in [0.15, 0.2) is 6.07 Å². The first-order valence-corrected chi connectivity index (χ1v) is 5.44. The van der Waals surface area contributed by atoms with Crippen molar-refractivity contribution >= 4 is 15.9 Å². The lowest BCUT2D eigenvalue weighted by molar-refractivity contribution is -0.274. The predicted molar refractivity (Wildman–Crippen MR) is 53.2 cm³/mol. The molecule has 0 amide bonds. The Kier molecular flexibility index (Phi) is 4.45. The lowest BCUT2D eigenvalue weighted by atomic mass is 10.2. The monoisotopic (exact) mass is 330 g/mol. The van der Waals surface area contributed by atoms with Crippen LogP contribution >= 0.6 is 15.9 Å². The molecule has 0 saturated carbocycles. The van der Waals surface area contributed by atoms with Gasteiger partial charge in [-0.15, -0.1) is 13.2 Å². The highest BCUT2D eigenvalue weighted by Crippen LogP contribution is 2.32. The summed E-state index contributed by atoms with van der Waals surface area (Å²) in [7, 11) is 0. The Morgan fingerprint density at radius 2 is 2.06 bits per heavy atom. The number of aromatic nitrogens is 1. The van der Waals surface area contributed by atoms with E-state index in [-0.39, 0.29) is 11.0 Å². The minimum absolute atomic E-state index is 0.117. The molecule has 0 fully saturated rings. The number of pyridine rings is 1. The van der Waals surface area contributed by atoms with Gasteiger partial charge in [-0.2, -0.15) is 5.26 Å². The molecule has 0 saturated heterocycles. The molecular weight excluding hydrogens is 327 g/mol. The normalized spacial score (nSPS) is 11.4. The van der Waals surface area contributed by atoms with Gasteiger partial charge in [-0.05, 0) is 6.07 Å². The summed E-state index contributed by atoms with van der Waals surface area (Å²) in [6, 6.07) is 1.83. The van der Waals surface area contributed by atoms with Crippen molar-refractivity contribution in [2.45, 2.75) is 18.1 Å². The molecule has 0 aromatic carbocycles. The summed E-state index contributed by atoms with van der Waals surface area (Å²) in [5.74, 6) is -1.04. The van der Waals surface area contributed by atoms with E-state index < -0.39 is 29.8 Å². The second-order valence-electron chi connectivity index (χ2n) is 2.96. The van der Waals surface area contributed by atoms with Gasteiger partial charge in [-0.1, -0.05) is 15.9 Å². The fourth-order valence-electron chi connectivity index (χ4n) is 1.13. The van der Waals surface area contributed by atoms with Crippen molar-refractivity contribution in [3.05, 3.63) is 23.0 Å². The number of hydrogen-bond acceptors (Lipinski definition) is 3. The van der Waals surface area contributed by atoms with E-state index in [2.05, 4.69) is 25.7 Å². The molecule has 9 heteroatoms. The van der Waals surface area contributed by atoms with Crippen LogP contribution in [0, 0.1) is 11.3 Å². The zero-order chi connectivity index (χ0) is 13.9. The topological polar surface area (TPSA) is 45.9 Å². The van der Waals surface area contributed by atoms with E-state index in [0.717, 1.165) is 0 Å². The third-order valence-electron chi connectivity index (χ3n) is 1.79. The van der Waals surface area contributed by atoms with Crippen LogP contribution in [0.2, 0.25) is 0 Å². The SMILES string of the molecule is N#Cc1nc(CBr)c(C(F)F)cc1OC(F)(F)F. The molecule has 1 heterocycles. The van der Waals surface area contributed by atoms with E-state index in [1.165, 1.54) is 6.07 Å². The first-order valence-electron chi connectivity index (χ1n) is 4.32. The van der Waals surface area contributed by atoms with E-state index in [0.29, 0.717) is 6.07 Å². The maximum atomic E-state index is 12.6. The molecule has 0 radical (unpaired) electrons. The number of nitriles is 1. The van der Waals surface area contributed by atoms with Gasteiger partial charge in [0.15, 0.2) is 11.4 Å². The molecule has 0 aliphatic rings. The van der Waals surface area contributed by atoms with Crippen LogP contribution < -0.4 is 4.74 Å². The van der Waals surface area contributed by atoms with Crippen LogP contribution in [0.3, 0.4) is 0 Å². The summed E-state index contributed by atoms with van der Waals surface area (Å²) >= 11 is 2.86. The van der Waals surface area contributed by atoms with Gasteiger partial charge in [0.05, 0.1) is 5.69 Å². The second kappa shape index (κ2) is 5.48. The fraction of sp³-hybridized carbons (Fsp3) is 0.333. The third kappa shape index (κ3) is 3.53. The van der Waals surface area contributed by atoms with E-state index in [9.17, 15) is 22.0 Å². The molecule has 0 N–H and O–H groups in total. The van der Waals surface area contributed by atoms with Gasteiger partial charge < -0.3 is 4.74 Å². The van der Waals surface area contributed by atoms with Crippen molar-refractivity contribution in [2.75, 3.05) is 0 Å². The summed E-state index contributed by atoms with van der Waals surface area (Å²) in [5.41, 5.74) is -1.63. The number of alkyl halides is 6. The zero-order valence-corrected chi connectivity index (χ0v) is 10.0. The summed E-state index contributed by atoms with van der Waals surface area (Å²) in [6.45, 7) is 0. The van der Waals surface area contributed by atoms with Gasteiger partial charge in [0.2, 0.25) is 0 Å². The minimum atomic E-state index is -5.08. The maximum absolute atomic E-state index is 12.6. The zero-order valence-electron chi connectivity index (χ0n) is 8.43. The highest BCUT2D eigenvalue weighted by Gasteiger charge is 2.33. The van der Waals surface area contributed by atoms with Gasteiger partial charge in [0, 0.05) is 10.9 Å². The Morgan fingerprint density at radius 1 is 1.44 bits per heavy atom. The van der Waals surface area contributed by atoms with Crippen LogP contribution in [0.1, 0.15) is 23.4 Å². The molecule has 98 valence electrons. The molecule has 1 aromatic rings. The molecule has 0 unspecified atom stereocenters. The van der Waals surface area contributed by atoms with Crippen LogP contribution in [0.25, 0.3) is 0 Å². The number of ether oxygens (including phenoxy) is 1. The molecule has 18 heavy (non-hydrogen) atoms. The van der Waals surface area contributed by atoms with Gasteiger partial charge in [0.1, 0.15) is 6.07 Å². The minimum Gasteiger partial charge on any atom is -0.403 e. The maximum Gasteiger partial charge on any atom is 0.573 e. The summed E-state index contributed by atoms with van der Waals surface area (Å²) in [5, 5.41) is 8.48. The van der Waals surface area contributed by atoms with Gasteiger partial charge in [-0.3, -0.25) is 0 Å². The quantitative estimate of drug-likeness (QED) is 0.627. The van der Waals surface area contributed by atoms with Crippen molar-refractivity contribution in [2.24, 2.45) is 0 Å². The smallest absolute Gasteiger partial charge is 0.403 e. The Labute approximate surface area is 106 Å². The van der Waals surface area contributed by atoms with Crippen LogP contribution in [0.4, 0.5) is 22.0 Å². The van der Waals surface area contributed by atoms with Crippen LogP contribution in [-0.4, -0.2) is 11.3 Å². The molecule has 0 spiro atoms. The molecule has 1 rings (SSSR count). The van der Waals surface area contributed by atoms with Crippen LogP contribution in [0.5, 0.6) is 5.75 Å². The Balaban J connectivity index is 3.33. The molecular formula is C9H4BrF5N2O. The molecule has 3 nitrogen and oxygen atoms in total. The fourth-order valence-corrected chi connectivity index (χ4v) is 1.58. The lowest BCUT2D eigenvalue weighted by Gasteiger charge is -2.13. The summed E-state index contributed by atoms with van der Waals surface area (Å²) in [4.78, 5) is 3.40. The highest BCUT2D eigenvalue weighted by atomic mass is 79.9. The summed E-state index contributed by atoms with van der Waals surface area (Å²) < 4.78 is 64.7. The van der Waals surface area contributed by atoms with Crippen molar-refractivity contribution in [1.82, 2.24) is 4.98 Å². The highest BCUT2D eigenvalue weighted by molar-refractivity contribution is 9.08. The molecule has 1 aromatic heterocycles. The van der Waals surface area contributed by atoms with Crippen molar-refractivity contribution in [1.29, 1.82) is 5.26 Å². The Bertz CT molecular complexity index is 483. The van der Waals surface area contributed by atoms with Crippen molar-refractivity contribution in [3.63, 3.8) is 0 Å². The molecule has 0 atom stereocenters. The van der Waals surface area contributed by atoms with Gasteiger partial charge in [0.25, 0.3) is 6.43 Å². The molecule has 0 aliphatic carbocycles. The van der Waals surface area contributed by atoms with E-state index in [1.54, 1.807) is 0 Å². The van der Waals surface area contributed by atoms with Crippen LogP contribution in [-0.2, 0) is 5.33 Å². The average Bonchev–Trinajstić information content (AvgIpc) is 2.26. The van der Waals surface area contributed by atoms with Gasteiger partial charge >= 0.3 is 6.36 Å².